The lowest BCUT2D eigenvalue weighted by molar-refractivity contribution is 0.121. The second-order valence-electron chi connectivity index (χ2n) is 7.76. The Bertz CT molecular complexity index is 1060. The molecule has 33 heavy (non-hydrogen) atoms. The van der Waals surface area contributed by atoms with E-state index in [0.717, 1.165) is 49.1 Å². The Morgan fingerprint density at radius 2 is 1.55 bits per heavy atom. The molecule has 0 spiro atoms. The van der Waals surface area contributed by atoms with Crippen LogP contribution >= 0.6 is 11.6 Å². The van der Waals surface area contributed by atoms with E-state index in [9.17, 15) is 0 Å². The molecule has 0 bridgehead atoms. The summed E-state index contributed by atoms with van der Waals surface area (Å²) in [7, 11) is 0. The zero-order valence-electron chi connectivity index (χ0n) is 18.2. The second kappa shape index (κ2) is 10.3. The number of furan rings is 1. The number of anilines is 2. The van der Waals surface area contributed by atoms with Gasteiger partial charge in [0, 0.05) is 42.8 Å². The minimum atomic E-state index is 0.317. The summed E-state index contributed by atoms with van der Waals surface area (Å²) >= 11 is 5.97. The van der Waals surface area contributed by atoms with Crippen molar-refractivity contribution in [2.75, 3.05) is 62.4 Å². The van der Waals surface area contributed by atoms with E-state index in [1.165, 1.54) is 0 Å². The molecule has 2 saturated heterocycles. The van der Waals surface area contributed by atoms with Crippen molar-refractivity contribution in [2.24, 2.45) is 10.2 Å². The summed E-state index contributed by atoms with van der Waals surface area (Å²) in [5.41, 5.74) is 0.962. The topological polar surface area (TPSA) is 88.6 Å². The summed E-state index contributed by atoms with van der Waals surface area (Å²) in [6.45, 7) is 6.09. The lowest BCUT2D eigenvalue weighted by Crippen LogP contribution is -2.39. The van der Waals surface area contributed by atoms with Crippen LogP contribution in [0.4, 0.5) is 17.6 Å². The van der Waals surface area contributed by atoms with Gasteiger partial charge >= 0.3 is 0 Å². The van der Waals surface area contributed by atoms with Crippen LogP contribution in [0.1, 0.15) is 5.76 Å². The van der Waals surface area contributed by atoms with Gasteiger partial charge in [0.15, 0.2) is 5.82 Å². The third-order valence-electron chi connectivity index (χ3n) is 5.51. The zero-order valence-corrected chi connectivity index (χ0v) is 18.9. The van der Waals surface area contributed by atoms with Crippen molar-refractivity contribution in [1.82, 2.24) is 9.97 Å². The fourth-order valence-electron chi connectivity index (χ4n) is 3.73. The normalized spacial score (nSPS) is 17.1. The number of ether oxygens (including phenoxy) is 2. The summed E-state index contributed by atoms with van der Waals surface area (Å²) in [6, 6.07) is 13.2. The number of rotatable bonds is 6. The first-order chi connectivity index (χ1) is 16.2. The SMILES string of the molecule is Clc1ccc(-c2ccc(CN=Nc3cc(N4CCOCC4)nc(N4CCOCC4)n3)o2)cc1. The molecule has 0 amide bonds. The highest BCUT2D eigenvalue weighted by Crippen LogP contribution is 2.26. The van der Waals surface area contributed by atoms with Crippen LogP contribution in [0.5, 0.6) is 0 Å². The maximum absolute atomic E-state index is 5.97. The Balaban J connectivity index is 1.33. The summed E-state index contributed by atoms with van der Waals surface area (Å²) in [6.07, 6.45) is 0. The standard InChI is InChI=1S/C23H25ClN6O3/c24-18-3-1-17(2-4-18)20-6-5-19(33-20)16-25-28-21-15-22(29-7-11-31-12-8-29)27-23(26-21)30-9-13-32-14-10-30/h1-6,15H,7-14,16H2. The molecule has 3 aromatic rings. The minimum absolute atomic E-state index is 0.317. The summed E-state index contributed by atoms with van der Waals surface area (Å²) < 4.78 is 16.9. The summed E-state index contributed by atoms with van der Waals surface area (Å²) in [5.74, 6) is 3.51. The third-order valence-corrected chi connectivity index (χ3v) is 5.76. The number of hydrogen-bond donors (Lipinski definition) is 0. The number of morpholine rings is 2. The van der Waals surface area contributed by atoms with Gasteiger partial charge < -0.3 is 23.7 Å². The molecule has 172 valence electrons. The van der Waals surface area contributed by atoms with Crippen LogP contribution in [0.25, 0.3) is 11.3 Å². The van der Waals surface area contributed by atoms with E-state index < -0.39 is 0 Å². The van der Waals surface area contributed by atoms with E-state index in [0.29, 0.717) is 49.8 Å². The molecule has 0 atom stereocenters. The number of hydrogen-bond acceptors (Lipinski definition) is 9. The van der Waals surface area contributed by atoms with Gasteiger partial charge in [-0.3, -0.25) is 0 Å². The van der Waals surface area contributed by atoms with Crippen molar-refractivity contribution in [1.29, 1.82) is 0 Å². The smallest absolute Gasteiger partial charge is 0.229 e. The van der Waals surface area contributed by atoms with Gasteiger partial charge in [0.1, 0.15) is 23.9 Å². The van der Waals surface area contributed by atoms with E-state index in [-0.39, 0.29) is 0 Å². The molecule has 0 saturated carbocycles. The molecule has 9 nitrogen and oxygen atoms in total. The molecule has 2 aromatic heterocycles. The van der Waals surface area contributed by atoms with Gasteiger partial charge in [-0.05, 0) is 36.4 Å². The van der Waals surface area contributed by atoms with E-state index in [2.05, 4.69) is 25.0 Å². The van der Waals surface area contributed by atoms with Crippen molar-refractivity contribution in [2.45, 2.75) is 6.54 Å². The number of benzene rings is 1. The molecule has 1 aromatic carbocycles. The number of azo groups is 1. The second-order valence-corrected chi connectivity index (χ2v) is 8.19. The molecular weight excluding hydrogens is 444 g/mol. The van der Waals surface area contributed by atoms with Gasteiger partial charge in [-0.2, -0.15) is 15.1 Å². The molecule has 0 aliphatic carbocycles. The minimum Gasteiger partial charge on any atom is -0.459 e. The lowest BCUT2D eigenvalue weighted by atomic mass is 10.2. The van der Waals surface area contributed by atoms with Gasteiger partial charge in [-0.25, -0.2) is 0 Å². The van der Waals surface area contributed by atoms with Crippen LogP contribution in [0.3, 0.4) is 0 Å². The predicted molar refractivity (Wildman–Crippen MR) is 125 cm³/mol. The largest absolute Gasteiger partial charge is 0.459 e. The van der Waals surface area contributed by atoms with Gasteiger partial charge in [0.2, 0.25) is 5.95 Å². The Labute approximate surface area is 197 Å². The quantitative estimate of drug-likeness (QED) is 0.497. The van der Waals surface area contributed by atoms with Crippen LogP contribution in [0.15, 0.2) is 57.1 Å². The van der Waals surface area contributed by atoms with Crippen molar-refractivity contribution in [3.8, 4) is 11.3 Å². The van der Waals surface area contributed by atoms with Gasteiger partial charge in [-0.1, -0.05) is 11.6 Å². The van der Waals surface area contributed by atoms with Crippen molar-refractivity contribution in [3.63, 3.8) is 0 Å². The molecule has 0 N–H and O–H groups in total. The summed E-state index contributed by atoms with van der Waals surface area (Å²) in [5, 5.41) is 9.42. The average molecular weight is 469 g/mol. The first-order valence-corrected chi connectivity index (χ1v) is 11.4. The van der Waals surface area contributed by atoms with E-state index in [1.807, 2.05) is 42.5 Å². The summed E-state index contributed by atoms with van der Waals surface area (Å²) in [4.78, 5) is 13.7. The molecule has 2 fully saturated rings. The number of halogens is 1. The van der Waals surface area contributed by atoms with Crippen LogP contribution in [0.2, 0.25) is 5.02 Å². The molecule has 0 radical (unpaired) electrons. The Kier molecular flexibility index (Phi) is 6.80. The Morgan fingerprint density at radius 1 is 0.848 bits per heavy atom. The average Bonchev–Trinajstić information content (AvgIpc) is 3.34. The highest BCUT2D eigenvalue weighted by Gasteiger charge is 2.19. The predicted octanol–water partition coefficient (Wildman–Crippen LogP) is 4.35. The first kappa shape index (κ1) is 21.8. The van der Waals surface area contributed by atoms with Crippen LogP contribution in [-0.2, 0) is 16.0 Å². The van der Waals surface area contributed by atoms with Crippen molar-refractivity contribution in [3.05, 3.63) is 53.2 Å². The molecule has 0 unspecified atom stereocenters. The monoisotopic (exact) mass is 468 g/mol. The number of nitrogens with zero attached hydrogens (tertiary/aromatic N) is 6. The van der Waals surface area contributed by atoms with Crippen molar-refractivity contribution >= 4 is 29.2 Å². The maximum Gasteiger partial charge on any atom is 0.229 e. The van der Waals surface area contributed by atoms with Gasteiger partial charge in [0.25, 0.3) is 0 Å². The van der Waals surface area contributed by atoms with Crippen molar-refractivity contribution < 1.29 is 13.9 Å². The molecule has 4 heterocycles. The van der Waals surface area contributed by atoms with Crippen LogP contribution < -0.4 is 9.80 Å². The fraction of sp³-hybridized carbons (Fsp3) is 0.391. The zero-order chi connectivity index (χ0) is 22.5. The third kappa shape index (κ3) is 5.50. The fourth-order valence-corrected chi connectivity index (χ4v) is 3.86. The van der Waals surface area contributed by atoms with Crippen LogP contribution in [-0.4, -0.2) is 62.6 Å². The molecule has 5 rings (SSSR count). The molecular formula is C23H25ClN6O3. The highest BCUT2D eigenvalue weighted by atomic mass is 35.5. The van der Waals surface area contributed by atoms with E-state index >= 15 is 0 Å². The number of aromatic nitrogens is 2. The Hall–Kier alpha value is -3.01. The van der Waals surface area contributed by atoms with E-state index in [1.54, 1.807) is 0 Å². The Morgan fingerprint density at radius 3 is 2.27 bits per heavy atom. The molecule has 2 aliphatic rings. The van der Waals surface area contributed by atoms with Gasteiger partial charge in [0.05, 0.1) is 26.4 Å². The highest BCUT2D eigenvalue weighted by molar-refractivity contribution is 6.30. The lowest BCUT2D eigenvalue weighted by Gasteiger charge is -2.30. The molecule has 2 aliphatic heterocycles. The van der Waals surface area contributed by atoms with Gasteiger partial charge in [-0.15, -0.1) is 5.11 Å². The molecule has 10 heteroatoms. The maximum atomic E-state index is 5.97. The van der Waals surface area contributed by atoms with E-state index in [4.69, 9.17) is 30.5 Å². The first-order valence-electron chi connectivity index (χ1n) is 11.0. The van der Waals surface area contributed by atoms with Crippen LogP contribution in [0, 0.1) is 0 Å².